The average Bonchev–Trinajstić information content (AvgIpc) is 3.14. The van der Waals surface area contributed by atoms with Gasteiger partial charge in [-0.15, -0.1) is 0 Å². The summed E-state index contributed by atoms with van der Waals surface area (Å²) in [5, 5.41) is 12.3. The number of amides is 1. The van der Waals surface area contributed by atoms with Gasteiger partial charge in [0.2, 0.25) is 0 Å². The highest BCUT2D eigenvalue weighted by atomic mass is 16.4. The van der Waals surface area contributed by atoms with Gasteiger partial charge >= 0.3 is 5.97 Å². The Hall–Kier alpha value is -2.37. The fourth-order valence-electron chi connectivity index (χ4n) is 4.80. The normalized spacial score (nSPS) is 17.6. The van der Waals surface area contributed by atoms with Gasteiger partial charge in [-0.1, -0.05) is 72.6 Å². The highest BCUT2D eigenvalue weighted by Crippen LogP contribution is 2.29. The molecule has 2 N–H and O–H groups in total. The summed E-state index contributed by atoms with van der Waals surface area (Å²) in [4.78, 5) is 29.5. The number of aromatic nitrogens is 2. The molecule has 6 heteroatoms. The first-order chi connectivity index (χ1) is 15.8. The van der Waals surface area contributed by atoms with Gasteiger partial charge in [-0.25, -0.2) is 9.78 Å². The first-order valence-electron chi connectivity index (χ1n) is 12.8. The van der Waals surface area contributed by atoms with Gasteiger partial charge in [-0.2, -0.15) is 0 Å². The van der Waals surface area contributed by atoms with Crippen LogP contribution in [-0.4, -0.2) is 32.6 Å². The Bertz CT molecular complexity index is 945. The monoisotopic (exact) mass is 455 g/mol. The third-order valence-electron chi connectivity index (χ3n) is 7.42. The molecule has 1 aliphatic rings. The lowest BCUT2D eigenvalue weighted by molar-refractivity contribution is -0.139. The van der Waals surface area contributed by atoms with Gasteiger partial charge in [0.05, 0.1) is 11.0 Å². The van der Waals surface area contributed by atoms with Crippen LogP contribution in [0.5, 0.6) is 0 Å². The molecule has 0 aliphatic heterocycles. The Morgan fingerprint density at radius 1 is 1.12 bits per heavy atom. The van der Waals surface area contributed by atoms with Crippen LogP contribution >= 0.6 is 0 Å². The van der Waals surface area contributed by atoms with E-state index < -0.39 is 12.0 Å². The molecule has 33 heavy (non-hydrogen) atoms. The van der Waals surface area contributed by atoms with Crippen LogP contribution in [0.3, 0.4) is 0 Å². The molecular weight excluding hydrogens is 414 g/mol. The molecule has 3 rings (SSSR count). The van der Waals surface area contributed by atoms with Crippen molar-refractivity contribution in [2.45, 2.75) is 98.1 Å². The quantitative estimate of drug-likeness (QED) is 0.447. The zero-order valence-corrected chi connectivity index (χ0v) is 20.8. The van der Waals surface area contributed by atoms with Gasteiger partial charge in [-0.3, -0.25) is 4.79 Å². The Morgan fingerprint density at radius 2 is 1.82 bits per heavy atom. The number of carbonyl (C=O) groups excluding carboxylic acids is 1. The van der Waals surface area contributed by atoms with E-state index >= 15 is 0 Å². The van der Waals surface area contributed by atoms with Gasteiger partial charge in [-0.05, 0) is 42.4 Å². The second kappa shape index (κ2) is 11.7. The largest absolute Gasteiger partial charge is 0.480 e. The Kier molecular flexibility index (Phi) is 8.93. The minimum atomic E-state index is -0.989. The van der Waals surface area contributed by atoms with Crippen LogP contribution in [0.2, 0.25) is 0 Å². The summed E-state index contributed by atoms with van der Waals surface area (Å²) in [6, 6.07) is 4.73. The van der Waals surface area contributed by atoms with Gasteiger partial charge < -0.3 is 15.0 Å². The summed E-state index contributed by atoms with van der Waals surface area (Å²) >= 11 is 0. The Balaban J connectivity index is 1.86. The molecule has 2 aromatic rings. The van der Waals surface area contributed by atoms with E-state index in [0.717, 1.165) is 42.7 Å². The maximum atomic E-state index is 12.9. The van der Waals surface area contributed by atoms with Crippen LogP contribution in [0, 0.1) is 17.8 Å². The molecular formula is C27H41N3O3. The number of benzene rings is 1. The van der Waals surface area contributed by atoms with Crippen LogP contribution in [0.15, 0.2) is 18.2 Å². The molecule has 0 saturated heterocycles. The minimum absolute atomic E-state index is 0.229. The molecule has 1 saturated carbocycles. The van der Waals surface area contributed by atoms with Crippen LogP contribution in [0.25, 0.3) is 11.0 Å². The lowest BCUT2D eigenvalue weighted by Crippen LogP contribution is -2.41. The number of carboxylic acids is 1. The molecule has 0 spiro atoms. The van der Waals surface area contributed by atoms with E-state index in [1.54, 1.807) is 6.07 Å². The van der Waals surface area contributed by atoms with Gasteiger partial charge in [0.25, 0.3) is 5.91 Å². The van der Waals surface area contributed by atoms with Crippen LogP contribution in [0.4, 0.5) is 0 Å². The number of nitrogens with one attached hydrogen (secondary N) is 1. The zero-order valence-electron chi connectivity index (χ0n) is 20.8. The Morgan fingerprint density at radius 3 is 2.45 bits per heavy atom. The minimum Gasteiger partial charge on any atom is -0.480 e. The van der Waals surface area contributed by atoms with Crippen molar-refractivity contribution in [1.82, 2.24) is 14.9 Å². The molecule has 1 amide bonds. The molecule has 1 aliphatic carbocycles. The number of fused-ring (bicyclic) bond motifs is 1. The third-order valence-corrected chi connectivity index (χ3v) is 7.42. The summed E-state index contributed by atoms with van der Waals surface area (Å²) in [7, 11) is 0. The first-order valence-corrected chi connectivity index (χ1v) is 12.8. The molecule has 1 aromatic carbocycles. The van der Waals surface area contributed by atoms with Gasteiger partial charge in [0, 0.05) is 18.5 Å². The lowest BCUT2D eigenvalue weighted by Gasteiger charge is -2.22. The maximum absolute atomic E-state index is 12.9. The van der Waals surface area contributed by atoms with Crippen LogP contribution in [-0.2, 0) is 17.8 Å². The van der Waals surface area contributed by atoms with Crippen molar-refractivity contribution < 1.29 is 14.7 Å². The molecule has 0 bridgehead atoms. The average molecular weight is 456 g/mol. The standard InChI is InChI=1S/C27H41N3O3/c1-5-18(3)14-23(27(32)33)29-26(31)21-12-13-24-22(16-21)28-25(30(24)17-19(4)6-2)15-20-10-8-7-9-11-20/h12-13,16,18-20,23H,5-11,14-15,17H2,1-4H3,(H,29,31)(H,32,33). The number of imidazole rings is 1. The van der Waals surface area contributed by atoms with E-state index in [1.807, 2.05) is 26.0 Å². The molecule has 3 unspecified atom stereocenters. The SMILES string of the molecule is CCC(C)CC(NC(=O)c1ccc2c(c1)nc(CC1CCCCC1)n2CC(C)CC)C(=O)O. The van der Waals surface area contributed by atoms with Crippen molar-refractivity contribution in [3.63, 3.8) is 0 Å². The predicted molar refractivity (Wildman–Crippen MR) is 132 cm³/mol. The topological polar surface area (TPSA) is 84.2 Å². The molecule has 6 nitrogen and oxygen atoms in total. The highest BCUT2D eigenvalue weighted by molar-refractivity contribution is 5.99. The van der Waals surface area contributed by atoms with Crippen molar-refractivity contribution in [3.8, 4) is 0 Å². The molecule has 0 radical (unpaired) electrons. The molecule has 182 valence electrons. The molecule has 3 atom stereocenters. The maximum Gasteiger partial charge on any atom is 0.326 e. The summed E-state index contributed by atoms with van der Waals surface area (Å²) in [5.41, 5.74) is 2.35. The van der Waals surface area contributed by atoms with Crippen molar-refractivity contribution in [1.29, 1.82) is 0 Å². The Labute approximate surface area is 198 Å². The number of carbonyl (C=O) groups is 2. The smallest absolute Gasteiger partial charge is 0.326 e. The van der Waals surface area contributed by atoms with Gasteiger partial charge in [0.1, 0.15) is 11.9 Å². The predicted octanol–water partition coefficient (Wildman–Crippen LogP) is 5.82. The van der Waals surface area contributed by atoms with E-state index in [0.29, 0.717) is 23.8 Å². The molecule has 1 heterocycles. The van der Waals surface area contributed by atoms with E-state index in [-0.39, 0.29) is 11.8 Å². The summed E-state index contributed by atoms with van der Waals surface area (Å²) < 4.78 is 2.35. The number of hydrogen-bond donors (Lipinski definition) is 2. The fourth-order valence-corrected chi connectivity index (χ4v) is 4.80. The molecule has 1 aromatic heterocycles. The van der Waals surface area contributed by atoms with E-state index in [1.165, 1.54) is 32.1 Å². The second-order valence-electron chi connectivity index (χ2n) is 10.2. The number of hydrogen-bond acceptors (Lipinski definition) is 3. The van der Waals surface area contributed by atoms with E-state index in [4.69, 9.17) is 4.98 Å². The number of carboxylic acid groups (broad SMARTS) is 1. The summed E-state index contributed by atoms with van der Waals surface area (Å²) in [5.74, 6) is 1.25. The molecule has 1 fully saturated rings. The number of nitrogens with zero attached hydrogens (tertiary/aromatic N) is 2. The third kappa shape index (κ3) is 6.58. The van der Waals surface area contributed by atoms with E-state index in [9.17, 15) is 14.7 Å². The van der Waals surface area contributed by atoms with Gasteiger partial charge in [0.15, 0.2) is 0 Å². The summed E-state index contributed by atoms with van der Waals surface area (Å²) in [6.07, 6.45) is 9.90. The second-order valence-corrected chi connectivity index (χ2v) is 10.2. The zero-order chi connectivity index (χ0) is 24.0. The fraction of sp³-hybridized carbons (Fsp3) is 0.667. The van der Waals surface area contributed by atoms with E-state index in [2.05, 4.69) is 23.7 Å². The number of aliphatic carboxylic acids is 1. The lowest BCUT2D eigenvalue weighted by atomic mass is 9.87. The highest BCUT2D eigenvalue weighted by Gasteiger charge is 2.24. The van der Waals surface area contributed by atoms with Crippen molar-refractivity contribution in [2.75, 3.05) is 0 Å². The van der Waals surface area contributed by atoms with Crippen LogP contribution < -0.4 is 5.32 Å². The van der Waals surface area contributed by atoms with Crippen molar-refractivity contribution >= 4 is 22.9 Å². The van der Waals surface area contributed by atoms with Crippen molar-refractivity contribution in [2.24, 2.45) is 17.8 Å². The van der Waals surface area contributed by atoms with Crippen molar-refractivity contribution in [3.05, 3.63) is 29.6 Å². The summed E-state index contributed by atoms with van der Waals surface area (Å²) in [6.45, 7) is 9.44. The number of rotatable bonds is 11. The first kappa shape index (κ1) is 25.3. The van der Waals surface area contributed by atoms with Crippen LogP contribution in [0.1, 0.15) is 95.2 Å².